The van der Waals surface area contributed by atoms with Gasteiger partial charge in [-0.25, -0.2) is 0 Å². The molecule has 0 aliphatic rings. The molecule has 0 heterocycles. The van der Waals surface area contributed by atoms with Crippen LogP contribution in [0.25, 0.3) is 0 Å². The number of Topliss-reactive ketones (excluding diaryl/α,β-unsaturated/α-hetero) is 1. The SMILES string of the molecule is CCOC(=O)C(C(=O)c1ccccc1)C(C)c1ccccc1. The quantitative estimate of drug-likeness (QED) is 0.462. The molecular formula is C19H20O3. The fourth-order valence-corrected chi connectivity index (χ4v) is 2.50. The van der Waals surface area contributed by atoms with E-state index < -0.39 is 11.9 Å². The van der Waals surface area contributed by atoms with Crippen LogP contribution < -0.4 is 0 Å². The number of rotatable bonds is 6. The number of hydrogen-bond acceptors (Lipinski definition) is 3. The monoisotopic (exact) mass is 296 g/mol. The first-order valence-electron chi connectivity index (χ1n) is 7.46. The first kappa shape index (κ1) is 16.0. The summed E-state index contributed by atoms with van der Waals surface area (Å²) in [5, 5.41) is 0. The Balaban J connectivity index is 2.35. The van der Waals surface area contributed by atoms with E-state index in [1.807, 2.05) is 43.3 Å². The summed E-state index contributed by atoms with van der Waals surface area (Å²) >= 11 is 0. The number of benzene rings is 2. The third-order valence-corrected chi connectivity index (χ3v) is 3.71. The molecule has 2 aromatic carbocycles. The fourth-order valence-electron chi connectivity index (χ4n) is 2.50. The molecule has 2 unspecified atom stereocenters. The highest BCUT2D eigenvalue weighted by atomic mass is 16.5. The Labute approximate surface area is 130 Å². The Hall–Kier alpha value is -2.42. The van der Waals surface area contributed by atoms with Gasteiger partial charge in [-0.1, -0.05) is 67.6 Å². The van der Waals surface area contributed by atoms with E-state index in [0.29, 0.717) is 5.56 Å². The molecule has 3 heteroatoms. The molecule has 0 bridgehead atoms. The second-order valence-corrected chi connectivity index (χ2v) is 5.16. The largest absolute Gasteiger partial charge is 0.465 e. The van der Waals surface area contributed by atoms with Crippen molar-refractivity contribution < 1.29 is 14.3 Å². The lowest BCUT2D eigenvalue weighted by molar-refractivity contribution is -0.146. The van der Waals surface area contributed by atoms with Crippen LogP contribution in [0.5, 0.6) is 0 Å². The van der Waals surface area contributed by atoms with Gasteiger partial charge in [0.15, 0.2) is 5.78 Å². The van der Waals surface area contributed by atoms with E-state index in [9.17, 15) is 9.59 Å². The lowest BCUT2D eigenvalue weighted by atomic mass is 9.82. The maximum absolute atomic E-state index is 12.8. The Morgan fingerprint density at radius 1 is 0.955 bits per heavy atom. The van der Waals surface area contributed by atoms with E-state index in [-0.39, 0.29) is 18.3 Å². The number of carbonyl (C=O) groups is 2. The van der Waals surface area contributed by atoms with Gasteiger partial charge in [-0.15, -0.1) is 0 Å². The zero-order valence-corrected chi connectivity index (χ0v) is 12.9. The van der Waals surface area contributed by atoms with Gasteiger partial charge < -0.3 is 4.74 Å². The normalized spacial score (nSPS) is 13.2. The number of ether oxygens (including phenoxy) is 1. The number of ketones is 1. The second-order valence-electron chi connectivity index (χ2n) is 5.16. The van der Waals surface area contributed by atoms with Crippen molar-refractivity contribution in [3.05, 3.63) is 71.8 Å². The number of carbonyl (C=O) groups excluding carboxylic acids is 2. The van der Waals surface area contributed by atoms with Crippen molar-refractivity contribution in [1.29, 1.82) is 0 Å². The summed E-state index contributed by atoms with van der Waals surface area (Å²) in [5.74, 6) is -1.74. The summed E-state index contributed by atoms with van der Waals surface area (Å²) in [6.07, 6.45) is 0. The minimum Gasteiger partial charge on any atom is -0.465 e. The molecule has 0 spiro atoms. The maximum atomic E-state index is 12.8. The topological polar surface area (TPSA) is 43.4 Å². The smallest absolute Gasteiger partial charge is 0.317 e. The minimum absolute atomic E-state index is 0.199. The van der Waals surface area contributed by atoms with Crippen LogP contribution in [0, 0.1) is 5.92 Å². The fraction of sp³-hybridized carbons (Fsp3) is 0.263. The molecule has 2 atom stereocenters. The summed E-state index contributed by atoms with van der Waals surface area (Å²) in [6, 6.07) is 18.5. The van der Waals surface area contributed by atoms with Crippen LogP contribution >= 0.6 is 0 Å². The molecule has 0 aliphatic heterocycles. The molecule has 0 amide bonds. The lowest BCUT2D eigenvalue weighted by Gasteiger charge is -2.21. The Morgan fingerprint density at radius 2 is 1.50 bits per heavy atom. The first-order valence-corrected chi connectivity index (χ1v) is 7.46. The van der Waals surface area contributed by atoms with Crippen LogP contribution in [0.3, 0.4) is 0 Å². The molecule has 0 N–H and O–H groups in total. The third-order valence-electron chi connectivity index (χ3n) is 3.71. The van der Waals surface area contributed by atoms with Gasteiger partial charge in [0.1, 0.15) is 5.92 Å². The van der Waals surface area contributed by atoms with Crippen LogP contribution in [0.2, 0.25) is 0 Å². The van der Waals surface area contributed by atoms with Gasteiger partial charge in [0.25, 0.3) is 0 Å². The van der Waals surface area contributed by atoms with Gasteiger partial charge in [-0.05, 0) is 12.5 Å². The molecular weight excluding hydrogens is 276 g/mol. The predicted molar refractivity (Wildman–Crippen MR) is 85.8 cm³/mol. The molecule has 0 radical (unpaired) electrons. The third kappa shape index (κ3) is 3.61. The summed E-state index contributed by atoms with van der Waals surface area (Å²) in [5.41, 5.74) is 1.48. The predicted octanol–water partition coefficient (Wildman–Crippen LogP) is 3.85. The Kier molecular flexibility index (Phi) is 5.48. The van der Waals surface area contributed by atoms with Crippen molar-refractivity contribution in [3.8, 4) is 0 Å². The molecule has 3 nitrogen and oxygen atoms in total. The summed E-state index contributed by atoms with van der Waals surface area (Å²) in [7, 11) is 0. The van der Waals surface area contributed by atoms with E-state index in [1.54, 1.807) is 31.2 Å². The highest BCUT2D eigenvalue weighted by Crippen LogP contribution is 2.28. The highest BCUT2D eigenvalue weighted by Gasteiger charge is 2.34. The van der Waals surface area contributed by atoms with Crippen LogP contribution in [0.1, 0.15) is 35.7 Å². The van der Waals surface area contributed by atoms with Crippen LogP contribution in [-0.2, 0) is 9.53 Å². The van der Waals surface area contributed by atoms with Crippen LogP contribution in [0.4, 0.5) is 0 Å². The van der Waals surface area contributed by atoms with Gasteiger partial charge in [0.2, 0.25) is 0 Å². The van der Waals surface area contributed by atoms with E-state index in [0.717, 1.165) is 5.56 Å². The van der Waals surface area contributed by atoms with Crippen molar-refractivity contribution in [1.82, 2.24) is 0 Å². The zero-order chi connectivity index (χ0) is 15.9. The molecule has 0 aliphatic carbocycles. The molecule has 2 aromatic rings. The van der Waals surface area contributed by atoms with Crippen molar-refractivity contribution in [2.24, 2.45) is 5.92 Å². The average Bonchev–Trinajstić information content (AvgIpc) is 2.56. The van der Waals surface area contributed by atoms with Crippen LogP contribution in [0.15, 0.2) is 60.7 Å². The summed E-state index contributed by atoms with van der Waals surface area (Å²) in [6.45, 7) is 3.89. The van der Waals surface area contributed by atoms with E-state index in [2.05, 4.69) is 0 Å². The zero-order valence-electron chi connectivity index (χ0n) is 12.9. The van der Waals surface area contributed by atoms with Crippen molar-refractivity contribution in [2.75, 3.05) is 6.61 Å². The Bertz CT molecular complexity index is 620. The van der Waals surface area contributed by atoms with Crippen molar-refractivity contribution in [2.45, 2.75) is 19.8 Å². The molecule has 114 valence electrons. The second kappa shape index (κ2) is 7.55. The van der Waals surface area contributed by atoms with E-state index >= 15 is 0 Å². The molecule has 0 aromatic heterocycles. The molecule has 22 heavy (non-hydrogen) atoms. The standard InChI is InChI=1S/C19H20O3/c1-3-22-19(21)17(14(2)15-10-6-4-7-11-15)18(20)16-12-8-5-9-13-16/h4-14,17H,3H2,1-2H3. The molecule has 0 fully saturated rings. The summed E-state index contributed by atoms with van der Waals surface area (Å²) < 4.78 is 5.13. The van der Waals surface area contributed by atoms with Gasteiger partial charge in [0, 0.05) is 11.5 Å². The summed E-state index contributed by atoms with van der Waals surface area (Å²) in [4.78, 5) is 25.1. The van der Waals surface area contributed by atoms with Gasteiger partial charge in [-0.3, -0.25) is 9.59 Å². The van der Waals surface area contributed by atoms with Crippen molar-refractivity contribution in [3.63, 3.8) is 0 Å². The maximum Gasteiger partial charge on any atom is 0.317 e. The Morgan fingerprint density at radius 3 is 2.05 bits per heavy atom. The molecule has 0 saturated heterocycles. The van der Waals surface area contributed by atoms with Gasteiger partial charge in [0.05, 0.1) is 6.61 Å². The minimum atomic E-state index is -0.829. The average molecular weight is 296 g/mol. The lowest BCUT2D eigenvalue weighted by Crippen LogP contribution is -2.31. The first-order chi connectivity index (χ1) is 10.6. The molecule has 2 rings (SSSR count). The van der Waals surface area contributed by atoms with Crippen LogP contribution in [-0.4, -0.2) is 18.4 Å². The number of esters is 1. The highest BCUT2D eigenvalue weighted by molar-refractivity contribution is 6.09. The molecule has 0 saturated carbocycles. The van der Waals surface area contributed by atoms with E-state index in [1.165, 1.54) is 0 Å². The van der Waals surface area contributed by atoms with Gasteiger partial charge >= 0.3 is 5.97 Å². The van der Waals surface area contributed by atoms with E-state index in [4.69, 9.17) is 4.74 Å². The number of hydrogen-bond donors (Lipinski definition) is 0. The van der Waals surface area contributed by atoms with Gasteiger partial charge in [-0.2, -0.15) is 0 Å². The van der Waals surface area contributed by atoms with Crippen molar-refractivity contribution >= 4 is 11.8 Å².